The van der Waals surface area contributed by atoms with E-state index < -0.39 is 20.8 Å². The summed E-state index contributed by atoms with van der Waals surface area (Å²) < 4.78 is 34.8. The number of unbranched alkanes of at least 4 members (excludes halogenated alkanes) is 3. The Morgan fingerprint density at radius 1 is 1.23 bits per heavy atom. The quantitative estimate of drug-likeness (QED) is 0.266. The highest BCUT2D eigenvalue weighted by Crippen LogP contribution is 2.25. The largest absolute Gasteiger partial charge is 0.454 e. The molecule has 0 saturated heterocycles. The van der Waals surface area contributed by atoms with Crippen LogP contribution < -0.4 is 15.1 Å². The number of hydrogen-bond donors (Lipinski definition) is 2. The molecule has 10 nitrogen and oxygen atoms in total. The van der Waals surface area contributed by atoms with Gasteiger partial charge in [-0.25, -0.2) is 13.9 Å². The fourth-order valence-electron chi connectivity index (χ4n) is 2.21. The molecule has 11 heteroatoms. The van der Waals surface area contributed by atoms with Crippen molar-refractivity contribution >= 4 is 15.7 Å². The van der Waals surface area contributed by atoms with Crippen molar-refractivity contribution in [3.05, 3.63) is 35.5 Å². The molecule has 2 N–H and O–H groups in total. The zero-order valence-electron chi connectivity index (χ0n) is 13.8. The lowest BCUT2D eigenvalue weighted by atomic mass is 10.1. The molecule has 0 radical (unpaired) electrons. The van der Waals surface area contributed by atoms with Crippen molar-refractivity contribution in [2.24, 2.45) is 0 Å². The maximum Gasteiger partial charge on any atom is 0.414 e. The van der Waals surface area contributed by atoms with Gasteiger partial charge in [0.05, 0.1) is 16.7 Å². The van der Waals surface area contributed by atoms with E-state index >= 15 is 0 Å². The van der Waals surface area contributed by atoms with E-state index in [2.05, 4.69) is 9.79 Å². The van der Waals surface area contributed by atoms with Crippen molar-refractivity contribution in [1.82, 2.24) is 10.6 Å². The fourth-order valence-corrected chi connectivity index (χ4v) is 3.50. The lowest BCUT2D eigenvalue weighted by molar-refractivity contribution is -0.832. The molecule has 0 atom stereocenters. The Bertz CT molecular complexity index is 821. The summed E-state index contributed by atoms with van der Waals surface area (Å²) in [5.74, 6) is -0.830. The molecule has 1 aromatic heterocycles. The van der Waals surface area contributed by atoms with Gasteiger partial charge in [0.2, 0.25) is 5.91 Å². The number of carbonyl (C=O) groups excluding carboxylic acids is 1. The Hall–Kier alpha value is -2.66. The molecule has 26 heavy (non-hydrogen) atoms. The molecule has 0 aliphatic rings. The van der Waals surface area contributed by atoms with E-state index in [0.29, 0.717) is 19.3 Å². The van der Waals surface area contributed by atoms with Crippen molar-refractivity contribution in [2.75, 3.05) is 6.61 Å². The molecule has 0 spiro atoms. The number of carbonyl (C=O) groups is 1. The number of sulfone groups is 1. The topological polar surface area (TPSA) is 146 Å². The Labute approximate surface area is 149 Å². The molecule has 2 aromatic rings. The van der Waals surface area contributed by atoms with E-state index in [1.54, 1.807) is 11.5 Å². The van der Waals surface area contributed by atoms with Crippen LogP contribution in [0.4, 0.5) is 0 Å². The molecule has 0 aliphatic heterocycles. The summed E-state index contributed by atoms with van der Waals surface area (Å²) in [7, 11) is -4.12. The number of nitrogens with one attached hydrogen (secondary N) is 1. The fraction of sp³-hybridized carbons (Fsp3) is 0.400. The monoisotopic (exact) mass is 385 g/mol. The number of hydrogen-bond acceptors (Lipinski definition) is 8. The Morgan fingerprint density at radius 2 is 1.92 bits per heavy atom. The van der Waals surface area contributed by atoms with Gasteiger partial charge in [0.1, 0.15) is 0 Å². The summed E-state index contributed by atoms with van der Waals surface area (Å²) in [6, 6.07) is 7.43. The van der Waals surface area contributed by atoms with Crippen molar-refractivity contribution < 1.29 is 32.7 Å². The molecule has 0 unspecified atom stereocenters. The van der Waals surface area contributed by atoms with Crippen LogP contribution in [0.3, 0.4) is 0 Å². The zero-order chi connectivity index (χ0) is 19.0. The first kappa shape index (κ1) is 19.7. The van der Waals surface area contributed by atoms with Crippen LogP contribution >= 0.6 is 0 Å². The van der Waals surface area contributed by atoms with Gasteiger partial charge in [-0.05, 0) is 29.9 Å². The molecule has 0 fully saturated rings. The van der Waals surface area contributed by atoms with Gasteiger partial charge in [0.15, 0.2) is 0 Å². The number of hydroxylamine groups is 1. The predicted octanol–water partition coefficient (Wildman–Crippen LogP) is 0.976. The highest BCUT2D eigenvalue weighted by atomic mass is 32.2. The predicted molar refractivity (Wildman–Crippen MR) is 85.9 cm³/mol. The molecule has 0 aliphatic carbocycles. The minimum atomic E-state index is -4.12. The van der Waals surface area contributed by atoms with Gasteiger partial charge in [0, 0.05) is 6.42 Å². The first-order valence-electron chi connectivity index (χ1n) is 7.92. The number of rotatable bonds is 10. The van der Waals surface area contributed by atoms with Gasteiger partial charge < -0.3 is 9.94 Å². The smallest absolute Gasteiger partial charge is 0.414 e. The molecule has 1 heterocycles. The summed E-state index contributed by atoms with van der Waals surface area (Å²) >= 11 is 0. The lowest BCUT2D eigenvalue weighted by Crippen LogP contribution is -2.30. The summed E-state index contributed by atoms with van der Waals surface area (Å²) in [6.07, 6.45) is 2.83. The van der Waals surface area contributed by atoms with E-state index in [1.807, 2.05) is 0 Å². The van der Waals surface area contributed by atoms with E-state index in [0.717, 1.165) is 6.42 Å². The van der Waals surface area contributed by atoms with Gasteiger partial charge in [-0.15, -0.1) is 0 Å². The summed E-state index contributed by atoms with van der Waals surface area (Å²) in [5, 5.41) is 22.7. The van der Waals surface area contributed by atoms with Gasteiger partial charge in [-0.1, -0.05) is 31.0 Å². The molecule has 0 saturated carbocycles. The van der Waals surface area contributed by atoms with E-state index in [-0.39, 0.29) is 28.7 Å². The van der Waals surface area contributed by atoms with Crippen molar-refractivity contribution in [3.63, 3.8) is 0 Å². The average Bonchev–Trinajstić information content (AvgIpc) is 3.02. The standard InChI is InChI=1S/C15H19N3O7S/c19-13(16-20)10-6-1-2-7-11-24-14-15(18(21)25-17-14)26(22,23)12-8-4-3-5-9-12/h3-5,8-9,20H,1-2,6-7,10-11H2,(H,16,19). The van der Waals surface area contributed by atoms with Crippen LogP contribution in [0.1, 0.15) is 32.1 Å². The second kappa shape index (κ2) is 9.15. The highest BCUT2D eigenvalue weighted by Gasteiger charge is 2.35. The van der Waals surface area contributed by atoms with E-state index in [9.17, 15) is 18.4 Å². The second-order valence-electron chi connectivity index (χ2n) is 5.40. The summed E-state index contributed by atoms with van der Waals surface area (Å²) in [4.78, 5) is 10.6. The highest BCUT2D eigenvalue weighted by molar-refractivity contribution is 7.91. The van der Waals surface area contributed by atoms with Crippen LogP contribution in [0, 0.1) is 5.21 Å². The number of amides is 1. The summed E-state index contributed by atoms with van der Waals surface area (Å²) in [5.41, 5.74) is 1.55. The maximum atomic E-state index is 12.5. The second-order valence-corrected chi connectivity index (χ2v) is 7.27. The van der Waals surface area contributed by atoms with Crippen LogP contribution in [0.2, 0.25) is 0 Å². The van der Waals surface area contributed by atoms with Crippen LogP contribution in [-0.4, -0.2) is 31.3 Å². The Morgan fingerprint density at radius 3 is 2.62 bits per heavy atom. The Balaban J connectivity index is 1.91. The minimum Gasteiger partial charge on any atom is -0.454 e. The molecule has 1 aromatic carbocycles. The molecule has 1 amide bonds. The Kier molecular flexibility index (Phi) is 6.92. The normalized spacial score (nSPS) is 11.3. The summed E-state index contributed by atoms with van der Waals surface area (Å²) in [6.45, 7) is 0.135. The van der Waals surface area contributed by atoms with Crippen molar-refractivity contribution in [3.8, 4) is 5.88 Å². The van der Waals surface area contributed by atoms with Gasteiger partial charge in [0.25, 0.3) is 9.84 Å². The lowest BCUT2D eigenvalue weighted by Gasteiger charge is -2.03. The molecule has 0 bridgehead atoms. The third-order valence-electron chi connectivity index (χ3n) is 3.52. The third kappa shape index (κ3) is 4.92. The van der Waals surface area contributed by atoms with E-state index in [1.165, 1.54) is 24.3 Å². The number of aromatic nitrogens is 2. The van der Waals surface area contributed by atoms with Gasteiger partial charge >= 0.3 is 10.9 Å². The molecule has 142 valence electrons. The first-order valence-corrected chi connectivity index (χ1v) is 9.40. The third-order valence-corrected chi connectivity index (χ3v) is 5.24. The number of benzene rings is 1. The molecule has 2 rings (SSSR count). The van der Waals surface area contributed by atoms with Gasteiger partial charge in [-0.2, -0.15) is 0 Å². The van der Waals surface area contributed by atoms with Crippen molar-refractivity contribution in [2.45, 2.75) is 42.0 Å². The van der Waals surface area contributed by atoms with Crippen LogP contribution in [0.15, 0.2) is 44.9 Å². The molecular formula is C15H19N3O7S. The first-order chi connectivity index (χ1) is 12.5. The minimum absolute atomic E-state index is 0.0696. The van der Waals surface area contributed by atoms with Crippen LogP contribution in [-0.2, 0) is 14.6 Å². The maximum absolute atomic E-state index is 12.5. The zero-order valence-corrected chi connectivity index (χ0v) is 14.6. The van der Waals surface area contributed by atoms with Crippen LogP contribution in [0.25, 0.3) is 0 Å². The van der Waals surface area contributed by atoms with Gasteiger partial charge in [-0.3, -0.25) is 14.6 Å². The van der Waals surface area contributed by atoms with Crippen molar-refractivity contribution in [1.29, 1.82) is 0 Å². The SMILES string of the molecule is O=C(CCCCCCOc1no[n+]([O-])c1S(=O)(=O)c1ccccc1)NO. The average molecular weight is 385 g/mol. The van der Waals surface area contributed by atoms with E-state index in [4.69, 9.17) is 9.94 Å². The number of nitrogens with zero attached hydrogens (tertiary/aromatic N) is 2. The van der Waals surface area contributed by atoms with Crippen LogP contribution in [0.5, 0.6) is 5.88 Å². The number of ether oxygens (including phenoxy) is 1. The molecular weight excluding hydrogens is 366 g/mol.